The molecule has 0 amide bonds. The Hall–Kier alpha value is -2.69. The molecule has 0 radical (unpaired) electrons. The summed E-state index contributed by atoms with van der Waals surface area (Å²) in [5, 5.41) is 9.00. The third kappa shape index (κ3) is 1.85. The lowest BCUT2D eigenvalue weighted by Crippen LogP contribution is -1.95. The summed E-state index contributed by atoms with van der Waals surface area (Å²) in [5.41, 5.74) is 3.02. The summed E-state index contributed by atoms with van der Waals surface area (Å²) in [5.74, 6) is -0.667. The summed E-state index contributed by atoms with van der Waals surface area (Å²) in [7, 11) is 0. The van der Waals surface area contributed by atoms with Crippen LogP contribution in [0.1, 0.15) is 16.1 Å². The molecule has 0 saturated heterocycles. The highest BCUT2D eigenvalue weighted by Crippen LogP contribution is 2.23. The molecule has 0 unspecified atom stereocenters. The van der Waals surface area contributed by atoms with Gasteiger partial charge in [-0.15, -0.1) is 0 Å². The van der Waals surface area contributed by atoms with Gasteiger partial charge in [0.1, 0.15) is 0 Å². The van der Waals surface area contributed by atoms with E-state index >= 15 is 0 Å². The highest BCUT2D eigenvalue weighted by molar-refractivity contribution is 5.86. The lowest BCUT2D eigenvalue weighted by atomic mass is 10.1. The number of carbonyl (C=O) groups is 1. The second-order valence-electron chi connectivity index (χ2n) is 4.25. The van der Waals surface area contributed by atoms with E-state index in [-0.39, 0.29) is 5.69 Å². The minimum Gasteiger partial charge on any atom is -0.476 e. The summed E-state index contributed by atoms with van der Waals surface area (Å²) >= 11 is 0. The van der Waals surface area contributed by atoms with E-state index in [2.05, 4.69) is 9.97 Å². The van der Waals surface area contributed by atoms with Crippen molar-refractivity contribution in [1.29, 1.82) is 0 Å². The number of imidazole rings is 1. The molecule has 1 N–H and O–H groups in total. The van der Waals surface area contributed by atoms with E-state index in [0.717, 1.165) is 16.8 Å². The Balaban J connectivity index is 2.30. The van der Waals surface area contributed by atoms with Gasteiger partial charge in [0.15, 0.2) is 5.69 Å². The van der Waals surface area contributed by atoms with Crippen molar-refractivity contribution >= 4 is 11.7 Å². The average molecular weight is 253 g/mol. The van der Waals surface area contributed by atoms with Gasteiger partial charge in [0.2, 0.25) is 5.78 Å². The van der Waals surface area contributed by atoms with Crippen molar-refractivity contribution in [2.45, 2.75) is 6.92 Å². The minimum atomic E-state index is -1.05. The van der Waals surface area contributed by atoms with Gasteiger partial charge in [0.25, 0.3) is 0 Å². The molecule has 5 heteroatoms. The van der Waals surface area contributed by atoms with Crippen LogP contribution in [0.4, 0.5) is 0 Å². The number of rotatable bonds is 2. The fourth-order valence-corrected chi connectivity index (χ4v) is 2.08. The highest BCUT2D eigenvalue weighted by atomic mass is 16.4. The van der Waals surface area contributed by atoms with Gasteiger partial charge in [0, 0.05) is 18.0 Å². The molecule has 5 nitrogen and oxygen atoms in total. The Morgan fingerprint density at radius 2 is 2.05 bits per heavy atom. The summed E-state index contributed by atoms with van der Waals surface area (Å²) in [4.78, 5) is 19.1. The maximum Gasteiger partial charge on any atom is 0.356 e. The molecule has 3 aromatic rings. The molecule has 1 aromatic carbocycles. The van der Waals surface area contributed by atoms with Gasteiger partial charge in [-0.2, -0.15) is 0 Å². The summed E-state index contributed by atoms with van der Waals surface area (Å²) in [6.45, 7) is 2.01. The molecule has 0 bridgehead atoms. The van der Waals surface area contributed by atoms with Crippen LogP contribution in [-0.2, 0) is 0 Å². The van der Waals surface area contributed by atoms with E-state index < -0.39 is 5.97 Å². The van der Waals surface area contributed by atoms with Crippen LogP contribution in [0.3, 0.4) is 0 Å². The van der Waals surface area contributed by atoms with Gasteiger partial charge in [-0.25, -0.2) is 14.8 Å². The first-order valence-corrected chi connectivity index (χ1v) is 5.80. The largest absolute Gasteiger partial charge is 0.476 e. The number of fused-ring (bicyclic) bond motifs is 1. The SMILES string of the molecule is Cc1ccccc1-c1ccnc2nc(C(=O)O)cn12. The predicted molar refractivity (Wildman–Crippen MR) is 70.1 cm³/mol. The lowest BCUT2D eigenvalue weighted by Gasteiger charge is -2.07. The molecule has 0 aliphatic rings. The summed E-state index contributed by atoms with van der Waals surface area (Å²) < 4.78 is 1.70. The number of carboxylic acids is 1. The molecule has 94 valence electrons. The quantitative estimate of drug-likeness (QED) is 0.761. The molecule has 0 aliphatic heterocycles. The lowest BCUT2D eigenvalue weighted by molar-refractivity contribution is 0.0691. The Morgan fingerprint density at radius 1 is 1.26 bits per heavy atom. The number of aromatic nitrogens is 3. The van der Waals surface area contributed by atoms with Gasteiger partial charge < -0.3 is 5.11 Å². The first-order valence-electron chi connectivity index (χ1n) is 5.80. The van der Waals surface area contributed by atoms with Crippen LogP contribution in [0.5, 0.6) is 0 Å². The number of hydrogen-bond donors (Lipinski definition) is 1. The van der Waals surface area contributed by atoms with Crippen molar-refractivity contribution in [3.63, 3.8) is 0 Å². The monoisotopic (exact) mass is 253 g/mol. The van der Waals surface area contributed by atoms with E-state index in [9.17, 15) is 4.79 Å². The fourth-order valence-electron chi connectivity index (χ4n) is 2.08. The summed E-state index contributed by atoms with van der Waals surface area (Å²) in [6, 6.07) is 9.77. The molecule has 0 saturated carbocycles. The molecule has 0 fully saturated rings. The van der Waals surface area contributed by atoms with Gasteiger partial charge >= 0.3 is 5.97 Å². The Bertz CT molecular complexity index is 777. The Kier molecular flexibility index (Phi) is 2.52. The Labute approximate surface area is 109 Å². The van der Waals surface area contributed by atoms with E-state index in [1.807, 2.05) is 37.3 Å². The van der Waals surface area contributed by atoms with Gasteiger partial charge in [-0.1, -0.05) is 24.3 Å². The number of benzene rings is 1. The van der Waals surface area contributed by atoms with Gasteiger partial charge in [-0.3, -0.25) is 4.40 Å². The number of carboxylic acid groups (broad SMARTS) is 1. The van der Waals surface area contributed by atoms with Crippen molar-refractivity contribution in [3.05, 3.63) is 54.0 Å². The minimum absolute atomic E-state index is 0.00599. The average Bonchev–Trinajstić information content (AvgIpc) is 2.83. The molecular formula is C14H11N3O2. The first kappa shape index (κ1) is 11.4. The van der Waals surface area contributed by atoms with Crippen molar-refractivity contribution < 1.29 is 9.90 Å². The van der Waals surface area contributed by atoms with Crippen molar-refractivity contribution in [1.82, 2.24) is 14.4 Å². The third-order valence-corrected chi connectivity index (χ3v) is 3.01. The van der Waals surface area contributed by atoms with E-state index in [1.165, 1.54) is 6.20 Å². The predicted octanol–water partition coefficient (Wildman–Crippen LogP) is 2.40. The van der Waals surface area contributed by atoms with Gasteiger partial charge in [-0.05, 0) is 18.6 Å². The molecule has 3 rings (SSSR count). The van der Waals surface area contributed by atoms with Crippen LogP contribution in [0.25, 0.3) is 17.0 Å². The number of aromatic carboxylic acids is 1. The van der Waals surface area contributed by atoms with E-state index in [4.69, 9.17) is 5.11 Å². The Morgan fingerprint density at radius 3 is 2.79 bits per heavy atom. The number of hydrogen-bond acceptors (Lipinski definition) is 3. The molecule has 0 aliphatic carbocycles. The molecule has 0 atom stereocenters. The smallest absolute Gasteiger partial charge is 0.356 e. The number of nitrogens with zero attached hydrogens (tertiary/aromatic N) is 3. The molecule has 2 aromatic heterocycles. The van der Waals surface area contributed by atoms with Crippen LogP contribution in [0, 0.1) is 6.92 Å². The van der Waals surface area contributed by atoms with Crippen molar-refractivity contribution in [2.24, 2.45) is 0 Å². The summed E-state index contributed by atoms with van der Waals surface area (Å²) in [6.07, 6.45) is 3.13. The van der Waals surface area contributed by atoms with Crippen LogP contribution in [0.2, 0.25) is 0 Å². The van der Waals surface area contributed by atoms with Crippen molar-refractivity contribution in [3.8, 4) is 11.3 Å². The molecule has 19 heavy (non-hydrogen) atoms. The maximum absolute atomic E-state index is 11.0. The van der Waals surface area contributed by atoms with E-state index in [0.29, 0.717) is 5.78 Å². The molecule has 2 heterocycles. The van der Waals surface area contributed by atoms with Crippen LogP contribution >= 0.6 is 0 Å². The third-order valence-electron chi connectivity index (χ3n) is 3.01. The fraction of sp³-hybridized carbons (Fsp3) is 0.0714. The van der Waals surface area contributed by atoms with Crippen molar-refractivity contribution in [2.75, 3.05) is 0 Å². The zero-order chi connectivity index (χ0) is 13.4. The van der Waals surface area contributed by atoms with E-state index in [1.54, 1.807) is 10.6 Å². The second kappa shape index (κ2) is 4.20. The first-order chi connectivity index (χ1) is 9.16. The molecular weight excluding hydrogens is 242 g/mol. The van der Waals surface area contributed by atoms with Crippen LogP contribution in [-0.4, -0.2) is 25.4 Å². The van der Waals surface area contributed by atoms with Crippen LogP contribution < -0.4 is 0 Å². The highest BCUT2D eigenvalue weighted by Gasteiger charge is 2.13. The van der Waals surface area contributed by atoms with Gasteiger partial charge in [0.05, 0.1) is 5.69 Å². The number of aryl methyl sites for hydroxylation is 1. The maximum atomic E-state index is 11.0. The van der Waals surface area contributed by atoms with Crippen LogP contribution in [0.15, 0.2) is 42.7 Å². The second-order valence-corrected chi connectivity index (χ2v) is 4.25. The zero-order valence-electron chi connectivity index (χ0n) is 10.2. The normalized spacial score (nSPS) is 10.8. The molecule has 0 spiro atoms. The standard InChI is InChI=1S/C14H11N3O2/c1-9-4-2-3-5-10(9)12-6-7-15-14-16-11(13(18)19)8-17(12)14/h2-8H,1H3,(H,18,19). The topological polar surface area (TPSA) is 67.5 Å². The zero-order valence-corrected chi connectivity index (χ0v) is 10.2.